The molecule has 4 N–H and O–H groups in total. The first-order valence-electron chi connectivity index (χ1n) is 6.05. The molecule has 0 unspecified atom stereocenters. The predicted molar refractivity (Wildman–Crippen MR) is 81.2 cm³/mol. The van der Waals surface area contributed by atoms with Crippen molar-refractivity contribution in [2.24, 2.45) is 11.5 Å². The van der Waals surface area contributed by atoms with Crippen LogP contribution in [0.2, 0.25) is 0 Å². The van der Waals surface area contributed by atoms with Gasteiger partial charge in [0.2, 0.25) is 11.8 Å². The van der Waals surface area contributed by atoms with Gasteiger partial charge in [0.15, 0.2) is 0 Å². The highest BCUT2D eigenvalue weighted by Gasteiger charge is 1.94. The molecule has 0 saturated heterocycles. The summed E-state index contributed by atoms with van der Waals surface area (Å²) >= 11 is 0. The van der Waals surface area contributed by atoms with Crippen LogP contribution in [0.4, 0.5) is 0 Å². The van der Waals surface area contributed by atoms with Crippen molar-refractivity contribution in [3.05, 3.63) is 0 Å². The van der Waals surface area contributed by atoms with Gasteiger partial charge in [-0.2, -0.15) is 0 Å². The molecule has 0 aromatic carbocycles. The maximum Gasteiger partial charge on any atom is 0.217 e. The number of primary amides is 2. The summed E-state index contributed by atoms with van der Waals surface area (Å²) in [5.74, 6) is -0.497. The van der Waals surface area contributed by atoms with Crippen molar-refractivity contribution in [3.8, 4) is 0 Å². The monoisotopic (exact) mass is 302 g/mol. The van der Waals surface area contributed by atoms with E-state index in [1.54, 1.807) is 0 Å². The van der Waals surface area contributed by atoms with E-state index in [0.717, 1.165) is 12.8 Å². The number of hydrogen-bond donors (Lipinski definition) is 2. The first kappa shape index (κ1) is 26.2. The van der Waals surface area contributed by atoms with Gasteiger partial charge >= 0.3 is 0 Å². The molecular formula is C12H28Cl2N2O2. The molecule has 0 saturated carbocycles. The van der Waals surface area contributed by atoms with E-state index in [2.05, 4.69) is 12.7 Å². The molecule has 0 aliphatic heterocycles. The van der Waals surface area contributed by atoms with Gasteiger partial charge in [-0.3, -0.25) is 9.59 Å². The van der Waals surface area contributed by atoms with Gasteiger partial charge in [0.1, 0.15) is 0 Å². The Morgan fingerprint density at radius 2 is 1.17 bits per heavy atom. The standard InChI is InChI=1S/C10H21NO.C2H5NO.2ClH/c1-2-3-4-5-6-7-8-9-10(11)12;1-2(3)4;;/h2-9H2,1H3,(H2,11,12);1H3,(H2,3,4);2*1H. The summed E-state index contributed by atoms with van der Waals surface area (Å²) in [6.45, 7) is 3.52. The van der Waals surface area contributed by atoms with E-state index < -0.39 is 0 Å². The minimum Gasteiger partial charge on any atom is -0.370 e. The SMILES string of the molecule is CC(N)=O.CCCCCCCCCC(N)=O.Cl.Cl. The fraction of sp³-hybridized carbons (Fsp3) is 0.833. The summed E-state index contributed by atoms with van der Waals surface area (Å²) in [6, 6.07) is 0. The topological polar surface area (TPSA) is 86.2 Å². The van der Waals surface area contributed by atoms with Crippen LogP contribution < -0.4 is 11.5 Å². The lowest BCUT2D eigenvalue weighted by Crippen LogP contribution is -2.09. The Kier molecular flexibility index (Phi) is 31.6. The number of amides is 2. The van der Waals surface area contributed by atoms with Gasteiger partial charge in [-0.25, -0.2) is 0 Å². The van der Waals surface area contributed by atoms with E-state index in [-0.39, 0.29) is 36.6 Å². The van der Waals surface area contributed by atoms with Gasteiger partial charge < -0.3 is 11.5 Å². The van der Waals surface area contributed by atoms with Crippen LogP contribution in [0.25, 0.3) is 0 Å². The van der Waals surface area contributed by atoms with Crippen LogP contribution >= 0.6 is 24.8 Å². The number of halogens is 2. The lowest BCUT2D eigenvalue weighted by molar-refractivity contribution is -0.118. The second-order valence-corrected chi connectivity index (χ2v) is 3.95. The van der Waals surface area contributed by atoms with Crippen molar-refractivity contribution in [2.45, 2.75) is 65.2 Å². The summed E-state index contributed by atoms with van der Waals surface area (Å²) in [4.78, 5) is 19.6. The maximum atomic E-state index is 10.4. The van der Waals surface area contributed by atoms with Crippen LogP contribution in [0.5, 0.6) is 0 Å². The molecule has 0 bridgehead atoms. The first-order chi connectivity index (χ1) is 7.50. The average Bonchev–Trinajstić information content (AvgIpc) is 2.15. The lowest BCUT2D eigenvalue weighted by Gasteiger charge is -1.98. The second kappa shape index (κ2) is 21.8. The predicted octanol–water partition coefficient (Wildman–Crippen LogP) is 2.95. The second-order valence-electron chi connectivity index (χ2n) is 3.95. The molecule has 0 aliphatic carbocycles. The van der Waals surface area contributed by atoms with E-state index in [0.29, 0.717) is 6.42 Å². The third-order valence-electron chi connectivity index (χ3n) is 2.03. The zero-order chi connectivity index (χ0) is 12.8. The summed E-state index contributed by atoms with van der Waals surface area (Å²) in [6.07, 6.45) is 9.24. The molecule has 0 aromatic rings. The number of rotatable bonds is 8. The fourth-order valence-corrected chi connectivity index (χ4v) is 1.26. The number of carbonyl (C=O) groups is 2. The van der Waals surface area contributed by atoms with Gasteiger partial charge in [-0.15, -0.1) is 24.8 Å². The van der Waals surface area contributed by atoms with Crippen LogP contribution in [-0.4, -0.2) is 11.8 Å². The van der Waals surface area contributed by atoms with Crippen molar-refractivity contribution in [3.63, 3.8) is 0 Å². The highest BCUT2D eigenvalue weighted by atomic mass is 35.5. The van der Waals surface area contributed by atoms with Gasteiger partial charge in [0.05, 0.1) is 0 Å². The van der Waals surface area contributed by atoms with Crippen molar-refractivity contribution >= 4 is 36.6 Å². The number of unbranched alkanes of at least 4 members (excludes halogenated alkanes) is 6. The van der Waals surface area contributed by atoms with Crippen LogP contribution in [0.15, 0.2) is 0 Å². The summed E-state index contributed by atoms with van der Waals surface area (Å²) < 4.78 is 0. The van der Waals surface area contributed by atoms with Crippen molar-refractivity contribution in [1.29, 1.82) is 0 Å². The van der Waals surface area contributed by atoms with Gasteiger partial charge in [0.25, 0.3) is 0 Å². The molecule has 6 heteroatoms. The molecule has 0 spiro atoms. The van der Waals surface area contributed by atoms with Gasteiger partial charge in [-0.05, 0) is 6.42 Å². The van der Waals surface area contributed by atoms with Crippen molar-refractivity contribution in [2.75, 3.05) is 0 Å². The number of nitrogens with two attached hydrogens (primary N) is 2. The molecule has 0 aliphatic rings. The van der Waals surface area contributed by atoms with E-state index >= 15 is 0 Å². The van der Waals surface area contributed by atoms with Crippen LogP contribution in [0.1, 0.15) is 65.2 Å². The molecule has 0 radical (unpaired) electrons. The molecular weight excluding hydrogens is 275 g/mol. The van der Waals surface area contributed by atoms with Crippen molar-refractivity contribution in [1.82, 2.24) is 0 Å². The summed E-state index contributed by atoms with van der Waals surface area (Å²) in [5.41, 5.74) is 9.49. The van der Waals surface area contributed by atoms with Gasteiger partial charge in [-0.1, -0.05) is 45.4 Å². The van der Waals surface area contributed by atoms with Crippen LogP contribution in [0.3, 0.4) is 0 Å². The Morgan fingerprint density at radius 1 is 0.833 bits per heavy atom. The molecule has 0 fully saturated rings. The van der Waals surface area contributed by atoms with E-state index in [1.165, 1.54) is 39.0 Å². The highest BCUT2D eigenvalue weighted by molar-refractivity contribution is 5.85. The van der Waals surface area contributed by atoms with Crippen LogP contribution in [-0.2, 0) is 9.59 Å². The first-order valence-corrected chi connectivity index (χ1v) is 6.05. The zero-order valence-corrected chi connectivity index (χ0v) is 13.1. The molecule has 112 valence electrons. The number of carbonyl (C=O) groups excluding carboxylic acids is 2. The number of hydrogen-bond acceptors (Lipinski definition) is 2. The third kappa shape index (κ3) is 45.1. The van der Waals surface area contributed by atoms with E-state index in [4.69, 9.17) is 5.73 Å². The Morgan fingerprint density at radius 3 is 1.50 bits per heavy atom. The minimum absolute atomic E-state index is 0. The largest absolute Gasteiger partial charge is 0.370 e. The normalized spacial score (nSPS) is 8.11. The Labute approximate surface area is 123 Å². The lowest BCUT2D eigenvalue weighted by atomic mass is 10.1. The average molecular weight is 303 g/mol. The van der Waals surface area contributed by atoms with E-state index in [9.17, 15) is 9.59 Å². The minimum atomic E-state index is -0.333. The third-order valence-corrected chi connectivity index (χ3v) is 2.03. The Hall–Kier alpha value is -0.480. The Bertz CT molecular complexity index is 187. The molecule has 2 amide bonds. The Balaban J connectivity index is -0.000000143. The molecule has 0 atom stereocenters. The molecule has 0 heterocycles. The fourth-order valence-electron chi connectivity index (χ4n) is 1.26. The molecule has 0 aromatic heterocycles. The molecule has 0 rings (SSSR count). The highest BCUT2D eigenvalue weighted by Crippen LogP contribution is 2.07. The van der Waals surface area contributed by atoms with E-state index in [1.807, 2.05) is 0 Å². The van der Waals surface area contributed by atoms with Gasteiger partial charge in [0, 0.05) is 13.3 Å². The zero-order valence-electron chi connectivity index (χ0n) is 11.4. The van der Waals surface area contributed by atoms with Crippen LogP contribution in [0, 0.1) is 0 Å². The quantitative estimate of drug-likeness (QED) is 0.675. The smallest absolute Gasteiger partial charge is 0.217 e. The molecule has 18 heavy (non-hydrogen) atoms. The maximum absolute atomic E-state index is 10.4. The van der Waals surface area contributed by atoms with Crippen molar-refractivity contribution < 1.29 is 9.59 Å². The molecule has 4 nitrogen and oxygen atoms in total. The summed E-state index contributed by atoms with van der Waals surface area (Å²) in [7, 11) is 0. The summed E-state index contributed by atoms with van der Waals surface area (Å²) in [5, 5.41) is 0.